The summed E-state index contributed by atoms with van der Waals surface area (Å²) in [6, 6.07) is 23.6. The van der Waals surface area contributed by atoms with E-state index in [9.17, 15) is 14.9 Å². The molecule has 0 radical (unpaired) electrons. The first-order chi connectivity index (χ1) is 12.2. The highest BCUT2D eigenvalue weighted by Crippen LogP contribution is 2.32. The maximum atomic E-state index is 11.4. The molecule has 1 N–H and O–H groups in total. The molecule has 0 amide bonds. The Hall–Kier alpha value is -3.47. The van der Waals surface area contributed by atoms with Gasteiger partial charge >= 0.3 is 0 Å². The minimum atomic E-state index is -0.484. The van der Waals surface area contributed by atoms with Crippen LogP contribution in [0.4, 0.5) is 11.4 Å². The number of nitro benzene ring substituents is 1. The van der Waals surface area contributed by atoms with Crippen LogP contribution in [0.3, 0.4) is 0 Å². The number of hydrogen-bond donors (Lipinski definition) is 1. The van der Waals surface area contributed by atoms with Crippen molar-refractivity contribution in [2.75, 3.05) is 5.32 Å². The maximum absolute atomic E-state index is 11.4. The molecular formula is C20H16N2O3. The van der Waals surface area contributed by atoms with Gasteiger partial charge in [0.05, 0.1) is 11.0 Å². The second kappa shape index (κ2) is 7.40. The summed E-state index contributed by atoms with van der Waals surface area (Å²) in [7, 11) is 0. The number of carbonyl (C=O) groups excluding carboxylic acids is 1. The molecule has 0 unspecified atom stereocenters. The first kappa shape index (κ1) is 16.4. The van der Waals surface area contributed by atoms with E-state index in [2.05, 4.69) is 5.32 Å². The van der Waals surface area contributed by atoms with E-state index in [1.54, 1.807) is 12.1 Å². The molecule has 0 atom stereocenters. The van der Waals surface area contributed by atoms with Gasteiger partial charge in [-0.2, -0.15) is 0 Å². The number of nitrogens with one attached hydrogen (secondary N) is 1. The largest absolute Gasteiger partial charge is 0.369 e. The normalized spacial score (nSPS) is 10.4. The Morgan fingerprint density at radius 1 is 0.880 bits per heavy atom. The van der Waals surface area contributed by atoms with Crippen LogP contribution in [0.2, 0.25) is 0 Å². The number of anilines is 1. The molecule has 0 aromatic heterocycles. The summed E-state index contributed by atoms with van der Waals surface area (Å²) in [5, 5.41) is 14.6. The van der Waals surface area contributed by atoms with Gasteiger partial charge in [-0.3, -0.25) is 14.9 Å². The summed E-state index contributed by atoms with van der Waals surface area (Å²) < 4.78 is 0. The third-order valence-electron chi connectivity index (χ3n) is 3.92. The summed E-state index contributed by atoms with van der Waals surface area (Å²) in [5.74, 6) is 0. The van der Waals surface area contributed by atoms with E-state index in [0.717, 1.165) is 11.1 Å². The van der Waals surface area contributed by atoms with Gasteiger partial charge in [0.1, 0.15) is 12.0 Å². The van der Waals surface area contributed by atoms with Crippen LogP contribution in [0.1, 0.15) is 27.5 Å². The van der Waals surface area contributed by atoms with Crippen molar-refractivity contribution < 1.29 is 9.72 Å². The lowest BCUT2D eigenvalue weighted by Gasteiger charge is -2.21. The predicted molar refractivity (Wildman–Crippen MR) is 96.8 cm³/mol. The van der Waals surface area contributed by atoms with Crippen molar-refractivity contribution in [3.63, 3.8) is 0 Å². The fourth-order valence-corrected chi connectivity index (χ4v) is 2.70. The van der Waals surface area contributed by atoms with Crippen LogP contribution >= 0.6 is 0 Å². The standard InChI is InChI=1S/C20H16N2O3/c23-14-15-11-12-18(19(13-15)22(24)25)21-20(16-7-3-1-4-8-16)17-9-5-2-6-10-17/h1-14,20-21H. The lowest BCUT2D eigenvalue weighted by atomic mass is 9.98. The van der Waals surface area contributed by atoms with Crippen molar-refractivity contribution in [1.29, 1.82) is 0 Å². The third kappa shape index (κ3) is 3.72. The fraction of sp³-hybridized carbons (Fsp3) is 0.0500. The molecule has 0 fully saturated rings. The number of benzene rings is 3. The second-order valence-electron chi connectivity index (χ2n) is 5.55. The van der Waals surface area contributed by atoms with Crippen LogP contribution in [0.5, 0.6) is 0 Å². The number of nitro groups is 1. The zero-order valence-corrected chi connectivity index (χ0v) is 13.3. The third-order valence-corrected chi connectivity index (χ3v) is 3.92. The smallest absolute Gasteiger partial charge is 0.293 e. The predicted octanol–water partition coefficient (Wildman–Crippen LogP) is 4.61. The monoisotopic (exact) mass is 332 g/mol. The van der Waals surface area contributed by atoms with Crippen molar-refractivity contribution in [3.8, 4) is 0 Å². The molecule has 25 heavy (non-hydrogen) atoms. The van der Waals surface area contributed by atoms with Crippen LogP contribution in [0.25, 0.3) is 0 Å². The quantitative estimate of drug-likeness (QED) is 0.406. The number of hydrogen-bond acceptors (Lipinski definition) is 4. The van der Waals surface area contributed by atoms with Gasteiger partial charge in [0.2, 0.25) is 0 Å². The Morgan fingerprint density at radius 2 is 1.44 bits per heavy atom. The maximum Gasteiger partial charge on any atom is 0.293 e. The Bertz CT molecular complexity index is 840. The van der Waals surface area contributed by atoms with Crippen LogP contribution in [0.15, 0.2) is 78.9 Å². The SMILES string of the molecule is O=Cc1ccc(NC(c2ccccc2)c2ccccc2)c([N+](=O)[O-])c1. The summed E-state index contributed by atoms with van der Waals surface area (Å²) in [6.45, 7) is 0. The van der Waals surface area contributed by atoms with E-state index >= 15 is 0 Å². The van der Waals surface area contributed by atoms with E-state index in [-0.39, 0.29) is 17.3 Å². The highest BCUT2D eigenvalue weighted by molar-refractivity contribution is 5.79. The van der Waals surface area contributed by atoms with Gasteiger partial charge in [0.25, 0.3) is 5.69 Å². The van der Waals surface area contributed by atoms with Gasteiger partial charge in [-0.25, -0.2) is 0 Å². The molecule has 5 heteroatoms. The minimum absolute atomic E-state index is 0.124. The van der Waals surface area contributed by atoms with E-state index in [1.807, 2.05) is 60.7 Å². The van der Waals surface area contributed by atoms with Crippen LogP contribution in [-0.4, -0.2) is 11.2 Å². The molecule has 0 aliphatic carbocycles. The van der Waals surface area contributed by atoms with Crippen molar-refractivity contribution in [2.24, 2.45) is 0 Å². The minimum Gasteiger partial charge on any atom is -0.369 e. The number of carbonyl (C=O) groups is 1. The van der Waals surface area contributed by atoms with E-state index < -0.39 is 4.92 Å². The Labute approximate surface area is 145 Å². The first-order valence-electron chi connectivity index (χ1n) is 7.79. The zero-order valence-electron chi connectivity index (χ0n) is 13.3. The highest BCUT2D eigenvalue weighted by Gasteiger charge is 2.20. The molecule has 0 aliphatic heterocycles. The lowest BCUT2D eigenvalue weighted by Crippen LogP contribution is -2.13. The summed E-state index contributed by atoms with van der Waals surface area (Å²) in [5.41, 5.74) is 2.49. The molecule has 124 valence electrons. The molecule has 0 saturated heterocycles. The van der Waals surface area contributed by atoms with Crippen molar-refractivity contribution in [3.05, 3.63) is 106 Å². The Balaban J connectivity index is 2.05. The van der Waals surface area contributed by atoms with Gasteiger partial charge in [-0.15, -0.1) is 0 Å². The zero-order chi connectivity index (χ0) is 17.6. The molecule has 3 rings (SSSR count). The van der Waals surface area contributed by atoms with Crippen molar-refractivity contribution in [1.82, 2.24) is 0 Å². The molecule has 3 aromatic carbocycles. The van der Waals surface area contributed by atoms with E-state index in [4.69, 9.17) is 0 Å². The van der Waals surface area contributed by atoms with Gasteiger partial charge in [0.15, 0.2) is 0 Å². The van der Waals surface area contributed by atoms with E-state index in [1.165, 1.54) is 6.07 Å². The first-order valence-corrected chi connectivity index (χ1v) is 7.79. The average Bonchev–Trinajstić information content (AvgIpc) is 2.67. The molecular weight excluding hydrogens is 316 g/mol. The Kier molecular flexibility index (Phi) is 4.85. The van der Waals surface area contributed by atoms with Crippen molar-refractivity contribution >= 4 is 17.7 Å². The molecule has 0 bridgehead atoms. The topological polar surface area (TPSA) is 72.2 Å². The van der Waals surface area contributed by atoms with Crippen LogP contribution in [0, 0.1) is 10.1 Å². The molecule has 0 saturated carbocycles. The fourth-order valence-electron chi connectivity index (χ4n) is 2.70. The number of aldehydes is 1. The van der Waals surface area contributed by atoms with Crippen molar-refractivity contribution in [2.45, 2.75) is 6.04 Å². The molecule has 5 nitrogen and oxygen atoms in total. The molecule has 0 spiro atoms. The van der Waals surface area contributed by atoms with Crippen LogP contribution in [-0.2, 0) is 0 Å². The van der Waals surface area contributed by atoms with Gasteiger partial charge in [-0.05, 0) is 23.3 Å². The lowest BCUT2D eigenvalue weighted by molar-refractivity contribution is -0.384. The van der Waals surface area contributed by atoms with Gasteiger partial charge in [0, 0.05) is 11.6 Å². The summed E-state index contributed by atoms with van der Waals surface area (Å²) in [4.78, 5) is 21.8. The van der Waals surface area contributed by atoms with Crippen LogP contribution < -0.4 is 5.32 Å². The summed E-state index contributed by atoms with van der Waals surface area (Å²) in [6.07, 6.45) is 0.600. The second-order valence-corrected chi connectivity index (χ2v) is 5.55. The Morgan fingerprint density at radius 3 is 1.92 bits per heavy atom. The average molecular weight is 332 g/mol. The van der Waals surface area contributed by atoms with Gasteiger partial charge < -0.3 is 5.32 Å². The van der Waals surface area contributed by atoms with Gasteiger partial charge in [-0.1, -0.05) is 60.7 Å². The summed E-state index contributed by atoms with van der Waals surface area (Å²) >= 11 is 0. The van der Waals surface area contributed by atoms with E-state index in [0.29, 0.717) is 12.0 Å². The molecule has 3 aromatic rings. The molecule has 0 aliphatic rings. The highest BCUT2D eigenvalue weighted by atomic mass is 16.6. The number of nitrogens with zero attached hydrogens (tertiary/aromatic N) is 1. The number of rotatable bonds is 6. The molecule has 0 heterocycles.